The Bertz CT molecular complexity index is 749. The summed E-state index contributed by atoms with van der Waals surface area (Å²) in [5.74, 6) is 0. The monoisotopic (exact) mass is 278 g/mol. The van der Waals surface area contributed by atoms with E-state index in [0.29, 0.717) is 17.7 Å². The third-order valence-electron chi connectivity index (χ3n) is 3.89. The van der Waals surface area contributed by atoms with Gasteiger partial charge in [0.1, 0.15) is 0 Å². The number of rotatable bonds is 2. The van der Waals surface area contributed by atoms with Gasteiger partial charge in [-0.15, -0.1) is 0 Å². The quantitative estimate of drug-likeness (QED) is 0.775. The van der Waals surface area contributed by atoms with E-state index in [2.05, 4.69) is 4.98 Å². The van der Waals surface area contributed by atoms with Crippen molar-refractivity contribution in [2.45, 2.75) is 31.9 Å². The molecule has 7 heteroatoms. The second-order valence-electron chi connectivity index (χ2n) is 5.26. The molecule has 7 nitrogen and oxygen atoms in total. The van der Waals surface area contributed by atoms with Crippen LogP contribution in [0, 0.1) is 0 Å². The number of imidazole rings is 1. The summed E-state index contributed by atoms with van der Waals surface area (Å²) < 4.78 is 10.0. The van der Waals surface area contributed by atoms with Crippen LogP contribution in [0.5, 0.6) is 0 Å². The number of hydrogen-bond donors (Lipinski definition) is 0. The summed E-state index contributed by atoms with van der Waals surface area (Å²) in [4.78, 5) is 28.3. The fourth-order valence-corrected chi connectivity index (χ4v) is 2.71. The third kappa shape index (κ3) is 1.98. The predicted octanol–water partition coefficient (Wildman–Crippen LogP) is 0.00280. The van der Waals surface area contributed by atoms with Crippen LogP contribution >= 0.6 is 0 Å². The van der Waals surface area contributed by atoms with Gasteiger partial charge >= 0.3 is 5.69 Å². The van der Waals surface area contributed by atoms with Crippen LogP contribution in [0.2, 0.25) is 0 Å². The molecule has 2 aromatic rings. The molecule has 1 aliphatic heterocycles. The number of fused-ring (bicyclic) bond motifs is 1. The molecule has 0 amide bonds. The van der Waals surface area contributed by atoms with Crippen molar-refractivity contribution in [2.24, 2.45) is 14.1 Å². The lowest BCUT2D eigenvalue weighted by Gasteiger charge is -2.22. The van der Waals surface area contributed by atoms with E-state index < -0.39 is 0 Å². The first-order valence-electron chi connectivity index (χ1n) is 6.82. The summed E-state index contributed by atoms with van der Waals surface area (Å²) in [6.07, 6.45) is 4.96. The molecule has 0 saturated carbocycles. The first kappa shape index (κ1) is 13.1. The lowest BCUT2D eigenvalue weighted by atomic mass is 10.1. The Morgan fingerprint density at radius 2 is 2.10 bits per heavy atom. The molecule has 1 saturated heterocycles. The zero-order valence-corrected chi connectivity index (χ0v) is 11.7. The Kier molecular flexibility index (Phi) is 3.21. The van der Waals surface area contributed by atoms with Crippen molar-refractivity contribution in [2.75, 3.05) is 6.61 Å². The van der Waals surface area contributed by atoms with Crippen molar-refractivity contribution in [3.8, 4) is 0 Å². The van der Waals surface area contributed by atoms with E-state index in [0.717, 1.165) is 30.4 Å². The highest BCUT2D eigenvalue weighted by molar-refractivity contribution is 5.69. The average Bonchev–Trinajstić information content (AvgIpc) is 2.88. The van der Waals surface area contributed by atoms with Gasteiger partial charge in [0.25, 0.3) is 5.56 Å². The Morgan fingerprint density at radius 3 is 2.80 bits per heavy atom. The van der Waals surface area contributed by atoms with Gasteiger partial charge in [0.15, 0.2) is 11.2 Å². The minimum absolute atomic E-state index is 0.114. The average molecular weight is 278 g/mol. The van der Waals surface area contributed by atoms with Gasteiger partial charge in [-0.3, -0.25) is 13.9 Å². The smallest absolute Gasteiger partial charge is 0.332 e. The Morgan fingerprint density at radius 1 is 1.30 bits per heavy atom. The second-order valence-corrected chi connectivity index (χ2v) is 5.26. The second kappa shape index (κ2) is 4.90. The van der Waals surface area contributed by atoms with E-state index in [-0.39, 0.29) is 17.4 Å². The molecule has 3 heterocycles. The predicted molar refractivity (Wildman–Crippen MR) is 73.8 cm³/mol. The first-order chi connectivity index (χ1) is 9.59. The first-order valence-corrected chi connectivity index (χ1v) is 6.82. The molecule has 0 aliphatic carbocycles. The highest BCUT2D eigenvalue weighted by atomic mass is 16.5. The maximum absolute atomic E-state index is 12.3. The molecule has 0 spiro atoms. The van der Waals surface area contributed by atoms with Crippen molar-refractivity contribution in [1.29, 1.82) is 0 Å². The fraction of sp³-hybridized carbons (Fsp3) is 0.615. The van der Waals surface area contributed by atoms with E-state index >= 15 is 0 Å². The van der Waals surface area contributed by atoms with Crippen LogP contribution < -0.4 is 11.2 Å². The molecule has 0 aromatic carbocycles. The number of nitrogens with zero attached hydrogens (tertiary/aromatic N) is 4. The van der Waals surface area contributed by atoms with Crippen LogP contribution in [0.4, 0.5) is 0 Å². The van der Waals surface area contributed by atoms with Crippen LogP contribution in [0.1, 0.15) is 19.3 Å². The van der Waals surface area contributed by atoms with Gasteiger partial charge in [-0.25, -0.2) is 9.78 Å². The maximum atomic E-state index is 12.3. The molecule has 2 aromatic heterocycles. The number of aromatic nitrogens is 4. The molecule has 0 bridgehead atoms. The zero-order valence-electron chi connectivity index (χ0n) is 11.7. The zero-order chi connectivity index (χ0) is 14.3. The molecule has 108 valence electrons. The van der Waals surface area contributed by atoms with Gasteiger partial charge in [0, 0.05) is 20.7 Å². The normalized spacial score (nSPS) is 19.6. The summed E-state index contributed by atoms with van der Waals surface area (Å²) >= 11 is 0. The molecule has 1 aliphatic rings. The lowest BCUT2D eigenvalue weighted by molar-refractivity contribution is 0.00657. The molecule has 0 unspecified atom stereocenters. The summed E-state index contributed by atoms with van der Waals surface area (Å²) in [5, 5.41) is 0. The molecule has 1 atom stereocenters. The Balaban J connectivity index is 2.09. The molecule has 0 N–H and O–H groups in total. The molecular weight excluding hydrogens is 260 g/mol. The highest BCUT2D eigenvalue weighted by Crippen LogP contribution is 2.16. The van der Waals surface area contributed by atoms with E-state index in [1.54, 1.807) is 17.9 Å². The Hall–Kier alpha value is -1.89. The van der Waals surface area contributed by atoms with E-state index in [9.17, 15) is 9.59 Å². The summed E-state index contributed by atoms with van der Waals surface area (Å²) in [6, 6.07) is 0. The summed E-state index contributed by atoms with van der Waals surface area (Å²) in [6.45, 7) is 1.37. The number of ether oxygens (including phenoxy) is 1. The number of aryl methyl sites for hydroxylation is 1. The van der Waals surface area contributed by atoms with Crippen molar-refractivity contribution in [3.63, 3.8) is 0 Å². The molecule has 1 fully saturated rings. The van der Waals surface area contributed by atoms with Gasteiger partial charge in [-0.05, 0) is 19.3 Å². The molecular formula is C13H18N4O3. The standard InChI is InChI=1S/C13H18N4O3/c1-15-11-10(12(18)16(2)13(15)19)17(8-14-11)7-9-5-3-4-6-20-9/h8-9H,3-7H2,1-2H3/t9-/m1/s1. The SMILES string of the molecule is Cn1c(=O)c2c(ncn2C[C@H]2CCCCO2)n(C)c1=O. The highest BCUT2D eigenvalue weighted by Gasteiger charge is 2.19. The van der Waals surface area contributed by atoms with Crippen LogP contribution in [0.25, 0.3) is 11.2 Å². The largest absolute Gasteiger partial charge is 0.376 e. The summed E-state index contributed by atoms with van der Waals surface area (Å²) in [7, 11) is 3.11. The van der Waals surface area contributed by atoms with Crippen molar-refractivity contribution in [3.05, 3.63) is 27.2 Å². The minimum atomic E-state index is -0.360. The molecule has 3 rings (SSSR count). The van der Waals surface area contributed by atoms with Crippen molar-refractivity contribution < 1.29 is 4.74 Å². The van der Waals surface area contributed by atoms with Gasteiger partial charge in [0.05, 0.1) is 19.0 Å². The third-order valence-corrected chi connectivity index (χ3v) is 3.89. The van der Waals surface area contributed by atoms with Crippen molar-refractivity contribution >= 4 is 11.2 Å². The fourth-order valence-electron chi connectivity index (χ4n) is 2.71. The van der Waals surface area contributed by atoms with Crippen LogP contribution in [-0.4, -0.2) is 31.4 Å². The van der Waals surface area contributed by atoms with Crippen LogP contribution in [0.15, 0.2) is 15.9 Å². The molecule has 20 heavy (non-hydrogen) atoms. The molecule has 0 radical (unpaired) electrons. The topological polar surface area (TPSA) is 71.0 Å². The maximum Gasteiger partial charge on any atom is 0.332 e. The van der Waals surface area contributed by atoms with Gasteiger partial charge in [-0.2, -0.15) is 0 Å². The summed E-state index contributed by atoms with van der Waals surface area (Å²) in [5.41, 5.74) is 0.218. The lowest BCUT2D eigenvalue weighted by Crippen LogP contribution is -2.38. The Labute approximate surface area is 115 Å². The van der Waals surface area contributed by atoms with Gasteiger partial charge in [-0.1, -0.05) is 0 Å². The van der Waals surface area contributed by atoms with Gasteiger partial charge < -0.3 is 9.30 Å². The van der Waals surface area contributed by atoms with Crippen LogP contribution in [-0.2, 0) is 25.4 Å². The van der Waals surface area contributed by atoms with Crippen molar-refractivity contribution in [1.82, 2.24) is 18.7 Å². The van der Waals surface area contributed by atoms with E-state index in [1.165, 1.54) is 11.6 Å². The van der Waals surface area contributed by atoms with E-state index in [4.69, 9.17) is 4.74 Å². The van der Waals surface area contributed by atoms with Gasteiger partial charge in [0.2, 0.25) is 0 Å². The minimum Gasteiger partial charge on any atom is -0.376 e. The number of hydrogen-bond acceptors (Lipinski definition) is 4. The van der Waals surface area contributed by atoms with E-state index in [1.807, 2.05) is 0 Å². The van der Waals surface area contributed by atoms with Crippen LogP contribution in [0.3, 0.4) is 0 Å².